The largest absolute Gasteiger partial charge is 0.453 e. The van der Waals surface area contributed by atoms with Crippen LogP contribution in [0.5, 0.6) is 0 Å². The zero-order valence-electron chi connectivity index (χ0n) is 24.4. The first-order valence-electron chi connectivity index (χ1n) is 14.2. The van der Waals surface area contributed by atoms with E-state index < -0.39 is 17.7 Å². The number of nitrogens with zero attached hydrogens (tertiary/aromatic N) is 2. The van der Waals surface area contributed by atoms with Crippen LogP contribution in [0, 0.1) is 17.8 Å². The van der Waals surface area contributed by atoms with Crippen molar-refractivity contribution in [3.05, 3.63) is 71.8 Å². The first-order valence-corrected chi connectivity index (χ1v) is 14.2. The average molecular weight is 549 g/mol. The predicted molar refractivity (Wildman–Crippen MR) is 158 cm³/mol. The fourth-order valence-electron chi connectivity index (χ4n) is 5.47. The number of nitrogens with two attached hydrogens (primary N) is 1. The van der Waals surface area contributed by atoms with Crippen molar-refractivity contribution in [2.75, 3.05) is 13.7 Å². The van der Waals surface area contributed by atoms with Crippen LogP contribution in [0.1, 0.15) is 64.5 Å². The summed E-state index contributed by atoms with van der Waals surface area (Å²) in [6.07, 6.45) is 2.08. The van der Waals surface area contributed by atoms with E-state index in [-0.39, 0.29) is 35.4 Å². The smallest absolute Gasteiger partial charge is 0.407 e. The number of ether oxygens (including phenoxy) is 1. The third-order valence-electron chi connectivity index (χ3n) is 7.65. The second-order valence-corrected chi connectivity index (χ2v) is 11.4. The molecule has 0 aromatic heterocycles. The molecule has 1 aliphatic rings. The molecule has 8 heteroatoms. The quantitative estimate of drug-likeness (QED) is 0.342. The van der Waals surface area contributed by atoms with Crippen molar-refractivity contribution in [1.29, 1.82) is 0 Å². The van der Waals surface area contributed by atoms with Gasteiger partial charge in [-0.1, -0.05) is 88.4 Å². The van der Waals surface area contributed by atoms with E-state index in [0.29, 0.717) is 32.2 Å². The van der Waals surface area contributed by atoms with Gasteiger partial charge in [-0.25, -0.2) is 9.79 Å². The highest BCUT2D eigenvalue weighted by atomic mass is 16.5. The SMILES string of the molecule is COC(=O)N[C@@H](Cc1ccccc1)C(=O)C[C@H](CCCN1C(=O)[C@@](CC(C)C)(c2ccccc2)N=C1N)C(C)C. The molecule has 8 nitrogen and oxygen atoms in total. The van der Waals surface area contributed by atoms with Crippen LogP contribution < -0.4 is 11.1 Å². The first-order chi connectivity index (χ1) is 19.1. The number of ketones is 1. The van der Waals surface area contributed by atoms with Crippen molar-refractivity contribution in [2.45, 2.75) is 71.4 Å². The molecule has 1 heterocycles. The van der Waals surface area contributed by atoms with E-state index in [0.717, 1.165) is 17.5 Å². The van der Waals surface area contributed by atoms with Crippen molar-refractivity contribution in [2.24, 2.45) is 28.5 Å². The third-order valence-corrected chi connectivity index (χ3v) is 7.65. The molecule has 0 aliphatic carbocycles. The van der Waals surface area contributed by atoms with Gasteiger partial charge >= 0.3 is 6.09 Å². The van der Waals surface area contributed by atoms with Crippen molar-refractivity contribution in [3.8, 4) is 0 Å². The summed E-state index contributed by atoms with van der Waals surface area (Å²) >= 11 is 0. The Morgan fingerprint density at radius 2 is 1.65 bits per heavy atom. The maximum Gasteiger partial charge on any atom is 0.407 e. The van der Waals surface area contributed by atoms with E-state index in [9.17, 15) is 14.4 Å². The monoisotopic (exact) mass is 548 g/mol. The Bertz CT molecular complexity index is 1170. The molecule has 2 aromatic carbocycles. The standard InChI is InChI=1S/C32H44N4O4/c1-22(2)21-32(26-16-10-7-11-17-26)29(38)36(30(33)35-32)18-12-15-25(23(3)4)20-28(37)27(34-31(39)40-5)19-24-13-8-6-9-14-24/h6-11,13-14,16-17,22-23,25,27H,12,15,18-21H2,1-5H3,(H2,33,35)(H,34,39)/t25-,27-,32+/m0/s1. The zero-order chi connectivity index (χ0) is 29.3. The van der Waals surface area contributed by atoms with Crippen molar-refractivity contribution >= 4 is 23.7 Å². The minimum absolute atomic E-state index is 0.0358. The zero-order valence-corrected chi connectivity index (χ0v) is 24.4. The van der Waals surface area contributed by atoms with Crippen LogP contribution in [0.15, 0.2) is 65.7 Å². The van der Waals surface area contributed by atoms with Gasteiger partial charge in [0.05, 0.1) is 13.2 Å². The molecule has 2 amide bonds. The van der Waals surface area contributed by atoms with Crippen LogP contribution in [-0.4, -0.2) is 48.3 Å². The summed E-state index contributed by atoms with van der Waals surface area (Å²) in [6, 6.07) is 18.6. The molecule has 216 valence electrons. The molecule has 3 atom stereocenters. The highest BCUT2D eigenvalue weighted by molar-refractivity contribution is 6.07. The highest BCUT2D eigenvalue weighted by Crippen LogP contribution is 2.39. The molecule has 0 unspecified atom stereocenters. The van der Waals surface area contributed by atoms with Gasteiger partial charge in [0.1, 0.15) is 0 Å². The summed E-state index contributed by atoms with van der Waals surface area (Å²) in [5.74, 6) is 0.689. The summed E-state index contributed by atoms with van der Waals surface area (Å²) < 4.78 is 4.77. The lowest BCUT2D eigenvalue weighted by Gasteiger charge is -2.28. The summed E-state index contributed by atoms with van der Waals surface area (Å²) in [6.45, 7) is 8.79. The fraction of sp³-hybridized carbons (Fsp3) is 0.500. The third kappa shape index (κ3) is 7.71. The van der Waals surface area contributed by atoms with E-state index in [1.165, 1.54) is 7.11 Å². The predicted octanol–water partition coefficient (Wildman–Crippen LogP) is 5.06. The number of Topliss-reactive ketones (excluding diaryl/α,β-unsaturated/α-hetero) is 1. The molecule has 0 bridgehead atoms. The summed E-state index contributed by atoms with van der Waals surface area (Å²) in [5, 5.41) is 2.72. The number of nitrogens with one attached hydrogen (secondary N) is 1. The molecule has 0 fully saturated rings. The number of carbonyl (C=O) groups excluding carboxylic acids is 3. The molecule has 1 aliphatic heterocycles. The van der Waals surface area contributed by atoms with E-state index >= 15 is 0 Å². The topological polar surface area (TPSA) is 114 Å². The molecule has 0 spiro atoms. The Hall–Kier alpha value is -3.68. The summed E-state index contributed by atoms with van der Waals surface area (Å²) in [7, 11) is 1.29. The van der Waals surface area contributed by atoms with Gasteiger partial charge in [0.25, 0.3) is 5.91 Å². The van der Waals surface area contributed by atoms with E-state index in [1.807, 2.05) is 60.7 Å². The van der Waals surface area contributed by atoms with Crippen LogP contribution in [0.4, 0.5) is 4.79 Å². The molecular weight excluding hydrogens is 504 g/mol. The number of hydrogen-bond donors (Lipinski definition) is 2. The Labute approximate surface area is 238 Å². The Balaban J connectivity index is 1.67. The van der Waals surface area contributed by atoms with Gasteiger partial charge in [-0.3, -0.25) is 14.5 Å². The van der Waals surface area contributed by atoms with Gasteiger partial charge in [-0.15, -0.1) is 0 Å². The lowest BCUT2D eigenvalue weighted by atomic mass is 9.82. The molecule has 2 aromatic rings. The van der Waals surface area contributed by atoms with Gasteiger partial charge in [0, 0.05) is 13.0 Å². The number of amides is 2. The van der Waals surface area contributed by atoms with Crippen LogP contribution >= 0.6 is 0 Å². The van der Waals surface area contributed by atoms with Crippen molar-refractivity contribution < 1.29 is 19.1 Å². The lowest BCUT2D eigenvalue weighted by molar-refractivity contribution is -0.132. The Kier molecular flexibility index (Phi) is 10.9. The maximum atomic E-state index is 13.8. The van der Waals surface area contributed by atoms with Gasteiger partial charge < -0.3 is 15.8 Å². The van der Waals surface area contributed by atoms with Gasteiger partial charge in [-0.2, -0.15) is 0 Å². The number of guanidine groups is 1. The van der Waals surface area contributed by atoms with E-state index in [4.69, 9.17) is 15.5 Å². The minimum atomic E-state index is -1.00. The molecule has 0 radical (unpaired) electrons. The maximum absolute atomic E-state index is 13.8. The molecule has 0 saturated carbocycles. The number of hydrogen-bond acceptors (Lipinski definition) is 6. The molecule has 0 saturated heterocycles. The van der Waals surface area contributed by atoms with E-state index in [2.05, 4.69) is 33.0 Å². The molecule has 3 rings (SSSR count). The number of benzene rings is 2. The second kappa shape index (κ2) is 14.1. The second-order valence-electron chi connectivity index (χ2n) is 11.4. The van der Waals surface area contributed by atoms with Crippen LogP contribution in [0.3, 0.4) is 0 Å². The van der Waals surface area contributed by atoms with Crippen LogP contribution in [0.2, 0.25) is 0 Å². The number of alkyl carbamates (subject to hydrolysis) is 1. The number of aliphatic imine (C=N–C) groups is 1. The number of carbonyl (C=O) groups is 3. The fourth-order valence-corrected chi connectivity index (χ4v) is 5.47. The minimum Gasteiger partial charge on any atom is -0.453 e. The van der Waals surface area contributed by atoms with Crippen LogP contribution in [0.25, 0.3) is 0 Å². The lowest BCUT2D eigenvalue weighted by Crippen LogP contribution is -2.44. The molecular formula is C32H44N4O4. The van der Waals surface area contributed by atoms with Gasteiger partial charge in [0.2, 0.25) is 0 Å². The highest BCUT2D eigenvalue weighted by Gasteiger charge is 2.49. The molecule has 40 heavy (non-hydrogen) atoms. The number of methoxy groups -OCH3 is 1. The molecule has 3 N–H and O–H groups in total. The normalized spacial score (nSPS) is 18.5. The van der Waals surface area contributed by atoms with Gasteiger partial charge in [-0.05, 0) is 54.6 Å². The van der Waals surface area contributed by atoms with Crippen molar-refractivity contribution in [1.82, 2.24) is 10.2 Å². The van der Waals surface area contributed by atoms with E-state index in [1.54, 1.807) is 4.90 Å². The Morgan fingerprint density at radius 1 is 1.02 bits per heavy atom. The van der Waals surface area contributed by atoms with Crippen molar-refractivity contribution in [3.63, 3.8) is 0 Å². The number of rotatable bonds is 14. The summed E-state index contributed by atoms with van der Waals surface area (Å²) in [4.78, 5) is 45.5. The van der Waals surface area contributed by atoms with Gasteiger partial charge in [0.15, 0.2) is 17.3 Å². The Morgan fingerprint density at radius 3 is 2.23 bits per heavy atom. The average Bonchev–Trinajstić information content (AvgIpc) is 3.17. The van der Waals surface area contributed by atoms with Crippen LogP contribution in [-0.2, 0) is 26.3 Å². The first kappa shape index (κ1) is 30.9. The summed E-state index contributed by atoms with van der Waals surface area (Å²) in [5.41, 5.74) is 7.15.